The van der Waals surface area contributed by atoms with Crippen molar-refractivity contribution in [3.63, 3.8) is 0 Å². The average Bonchev–Trinajstić information content (AvgIpc) is 3.03. The van der Waals surface area contributed by atoms with Crippen LogP contribution >= 0.6 is 0 Å². The van der Waals surface area contributed by atoms with Crippen molar-refractivity contribution in [2.45, 2.75) is 0 Å². The highest BCUT2D eigenvalue weighted by Crippen LogP contribution is 2.26. The Labute approximate surface area is 125 Å². The molecule has 0 unspecified atom stereocenters. The van der Waals surface area contributed by atoms with Crippen molar-refractivity contribution < 1.29 is 9.90 Å². The molecule has 3 aromatic rings. The summed E-state index contributed by atoms with van der Waals surface area (Å²) in [5, 5.41) is 13.0. The third-order valence-corrected chi connectivity index (χ3v) is 3.49. The minimum atomic E-state index is -1.09. The van der Waals surface area contributed by atoms with E-state index in [0.717, 1.165) is 5.56 Å². The number of aromatic nitrogens is 4. The first-order valence-corrected chi connectivity index (χ1v) is 6.60. The highest BCUT2D eigenvalue weighted by Gasteiger charge is 2.16. The third-order valence-electron chi connectivity index (χ3n) is 3.49. The van der Waals surface area contributed by atoms with Gasteiger partial charge in [-0.05, 0) is 12.1 Å². The smallest absolute Gasteiger partial charge is 0.356 e. The zero-order chi connectivity index (χ0) is 15.9. The predicted molar refractivity (Wildman–Crippen MR) is 80.2 cm³/mol. The van der Waals surface area contributed by atoms with Crippen molar-refractivity contribution in [1.82, 2.24) is 18.9 Å². The van der Waals surface area contributed by atoms with Crippen LogP contribution < -0.4 is 5.69 Å². The number of carboxylic acids is 1. The largest absolute Gasteiger partial charge is 0.476 e. The molecule has 7 nitrogen and oxygen atoms in total. The van der Waals surface area contributed by atoms with E-state index in [4.69, 9.17) is 5.11 Å². The molecule has 0 aliphatic rings. The number of nitrogens with zero attached hydrogens (tertiary/aromatic N) is 4. The summed E-state index contributed by atoms with van der Waals surface area (Å²) in [4.78, 5) is 23.2. The first-order valence-electron chi connectivity index (χ1n) is 6.60. The summed E-state index contributed by atoms with van der Waals surface area (Å²) < 4.78 is 4.49. The van der Waals surface area contributed by atoms with Gasteiger partial charge in [-0.15, -0.1) is 0 Å². The van der Waals surface area contributed by atoms with Crippen LogP contribution in [0.5, 0.6) is 0 Å². The maximum atomic E-state index is 12.2. The van der Waals surface area contributed by atoms with Gasteiger partial charge in [0.2, 0.25) is 0 Å². The number of rotatable bonds is 3. The van der Waals surface area contributed by atoms with Gasteiger partial charge in [-0.2, -0.15) is 5.10 Å². The monoisotopic (exact) mass is 298 g/mol. The van der Waals surface area contributed by atoms with E-state index in [9.17, 15) is 9.59 Å². The maximum Gasteiger partial charge on any atom is 0.356 e. The Balaban J connectivity index is 2.23. The Bertz CT molecular complexity index is 917. The van der Waals surface area contributed by atoms with Gasteiger partial charge in [-0.3, -0.25) is 9.25 Å². The molecule has 22 heavy (non-hydrogen) atoms. The van der Waals surface area contributed by atoms with Crippen LogP contribution in [-0.2, 0) is 14.1 Å². The zero-order valence-corrected chi connectivity index (χ0v) is 12.1. The molecule has 1 aromatic carbocycles. The molecule has 112 valence electrons. The van der Waals surface area contributed by atoms with E-state index in [0.29, 0.717) is 11.4 Å². The Morgan fingerprint density at radius 3 is 2.50 bits per heavy atom. The first kappa shape index (κ1) is 13.9. The molecule has 0 amide bonds. The summed E-state index contributed by atoms with van der Waals surface area (Å²) in [5.74, 6) is -1.09. The molecule has 0 radical (unpaired) electrons. The molecule has 2 heterocycles. The van der Waals surface area contributed by atoms with Gasteiger partial charge in [0.1, 0.15) is 0 Å². The van der Waals surface area contributed by atoms with E-state index in [1.54, 1.807) is 26.5 Å². The van der Waals surface area contributed by atoms with Crippen LogP contribution in [0.4, 0.5) is 0 Å². The van der Waals surface area contributed by atoms with Crippen molar-refractivity contribution >= 4 is 5.97 Å². The van der Waals surface area contributed by atoms with E-state index in [-0.39, 0.29) is 11.4 Å². The molecule has 0 fully saturated rings. The van der Waals surface area contributed by atoms with Gasteiger partial charge in [0, 0.05) is 32.1 Å². The second-order valence-corrected chi connectivity index (χ2v) is 4.92. The van der Waals surface area contributed by atoms with E-state index in [1.165, 1.54) is 19.9 Å². The van der Waals surface area contributed by atoms with Gasteiger partial charge in [0.25, 0.3) is 0 Å². The lowest BCUT2D eigenvalue weighted by Crippen LogP contribution is -2.21. The van der Waals surface area contributed by atoms with Gasteiger partial charge in [-0.25, -0.2) is 9.59 Å². The molecule has 2 aromatic heterocycles. The van der Waals surface area contributed by atoms with Gasteiger partial charge >= 0.3 is 11.7 Å². The fraction of sp³-hybridized carbons (Fsp3) is 0.133. The Morgan fingerprint density at radius 2 is 1.91 bits per heavy atom. The number of hydrogen-bond acceptors (Lipinski definition) is 3. The average molecular weight is 298 g/mol. The van der Waals surface area contributed by atoms with Crippen LogP contribution in [0.2, 0.25) is 0 Å². The summed E-state index contributed by atoms with van der Waals surface area (Å²) in [7, 11) is 3.35. The fourth-order valence-electron chi connectivity index (χ4n) is 2.37. The third kappa shape index (κ3) is 2.12. The SMILES string of the molecule is Cn1nc(C(=O)O)cc1-c1ccccc1-n1ccn(C)c1=O. The topological polar surface area (TPSA) is 82.1 Å². The fourth-order valence-corrected chi connectivity index (χ4v) is 2.37. The van der Waals surface area contributed by atoms with Crippen molar-refractivity contribution in [2.24, 2.45) is 14.1 Å². The van der Waals surface area contributed by atoms with Crippen LogP contribution in [0.15, 0.2) is 47.5 Å². The standard InChI is InChI=1S/C15H14N4O3/c1-17-7-8-19(15(17)22)12-6-4-3-5-10(12)13-9-11(14(20)21)16-18(13)2/h3-9H,1-2H3,(H,20,21). The molecule has 0 aliphatic carbocycles. The van der Waals surface area contributed by atoms with Crippen molar-refractivity contribution in [3.8, 4) is 16.9 Å². The van der Waals surface area contributed by atoms with Gasteiger partial charge in [-0.1, -0.05) is 18.2 Å². The van der Waals surface area contributed by atoms with E-state index < -0.39 is 5.97 Å². The van der Waals surface area contributed by atoms with Crippen LogP contribution in [0.1, 0.15) is 10.5 Å². The highest BCUT2D eigenvalue weighted by atomic mass is 16.4. The summed E-state index contributed by atoms with van der Waals surface area (Å²) in [6, 6.07) is 8.80. The van der Waals surface area contributed by atoms with Crippen LogP contribution in [0.3, 0.4) is 0 Å². The van der Waals surface area contributed by atoms with E-state index in [2.05, 4.69) is 5.10 Å². The molecular formula is C15H14N4O3. The number of imidazole rings is 1. The molecule has 0 saturated carbocycles. The molecule has 7 heteroatoms. The van der Waals surface area contributed by atoms with Crippen molar-refractivity contribution in [1.29, 1.82) is 0 Å². The lowest BCUT2D eigenvalue weighted by atomic mass is 10.1. The van der Waals surface area contributed by atoms with E-state index in [1.807, 2.05) is 24.3 Å². The zero-order valence-electron chi connectivity index (χ0n) is 12.1. The second kappa shape index (κ2) is 5.03. The van der Waals surface area contributed by atoms with Crippen molar-refractivity contribution in [3.05, 3.63) is 58.9 Å². The molecule has 0 atom stereocenters. The molecule has 3 rings (SSSR count). The van der Waals surface area contributed by atoms with Gasteiger partial charge < -0.3 is 9.67 Å². The van der Waals surface area contributed by atoms with Crippen LogP contribution in [0.25, 0.3) is 16.9 Å². The molecule has 0 spiro atoms. The Morgan fingerprint density at radius 1 is 1.18 bits per heavy atom. The number of aromatic carboxylic acids is 1. The van der Waals surface area contributed by atoms with Gasteiger partial charge in [0.15, 0.2) is 5.69 Å². The number of benzene rings is 1. The number of para-hydroxylation sites is 1. The number of carbonyl (C=O) groups is 1. The Hall–Kier alpha value is -3.09. The normalized spacial score (nSPS) is 10.8. The number of aryl methyl sites for hydroxylation is 2. The molecular weight excluding hydrogens is 284 g/mol. The van der Waals surface area contributed by atoms with Crippen LogP contribution in [-0.4, -0.2) is 30.0 Å². The summed E-state index contributed by atoms with van der Waals surface area (Å²) in [6.07, 6.45) is 3.35. The minimum absolute atomic E-state index is 0.0345. The molecule has 0 aliphatic heterocycles. The number of hydrogen-bond donors (Lipinski definition) is 1. The summed E-state index contributed by atoms with van der Waals surface area (Å²) in [6.45, 7) is 0. The lowest BCUT2D eigenvalue weighted by molar-refractivity contribution is 0.0689. The highest BCUT2D eigenvalue weighted by molar-refractivity contribution is 5.87. The van der Waals surface area contributed by atoms with Gasteiger partial charge in [0.05, 0.1) is 11.4 Å². The molecule has 0 saturated heterocycles. The van der Waals surface area contributed by atoms with Crippen molar-refractivity contribution in [2.75, 3.05) is 0 Å². The quantitative estimate of drug-likeness (QED) is 0.789. The summed E-state index contributed by atoms with van der Waals surface area (Å²) in [5.41, 5.74) is 1.83. The maximum absolute atomic E-state index is 12.2. The minimum Gasteiger partial charge on any atom is -0.476 e. The lowest BCUT2D eigenvalue weighted by Gasteiger charge is -2.09. The Kier molecular flexibility index (Phi) is 3.17. The number of carboxylic acid groups (broad SMARTS) is 1. The first-order chi connectivity index (χ1) is 10.5. The predicted octanol–water partition coefficient (Wildman–Crippen LogP) is 1.27. The molecule has 0 bridgehead atoms. The van der Waals surface area contributed by atoms with E-state index >= 15 is 0 Å². The summed E-state index contributed by atoms with van der Waals surface area (Å²) >= 11 is 0. The van der Waals surface area contributed by atoms with Crippen LogP contribution in [0, 0.1) is 0 Å². The second-order valence-electron chi connectivity index (χ2n) is 4.92. The molecule has 1 N–H and O–H groups in total.